The Balaban J connectivity index is 2.58. The highest BCUT2D eigenvalue weighted by Crippen LogP contribution is 2.17. The van der Waals surface area contributed by atoms with Crippen molar-refractivity contribution in [2.45, 2.75) is 32.7 Å². The summed E-state index contributed by atoms with van der Waals surface area (Å²) in [6.45, 7) is 6.12. The lowest BCUT2D eigenvalue weighted by atomic mass is 10.2. The fourth-order valence-corrected chi connectivity index (χ4v) is 1.60. The van der Waals surface area contributed by atoms with Gasteiger partial charge in [0.05, 0.1) is 6.61 Å². The van der Waals surface area contributed by atoms with E-state index < -0.39 is 0 Å². The van der Waals surface area contributed by atoms with Crippen LogP contribution in [0.1, 0.15) is 32.5 Å². The number of aliphatic hydroxyl groups is 1. The molecule has 0 saturated carbocycles. The van der Waals surface area contributed by atoms with Gasteiger partial charge in [-0.05, 0) is 6.92 Å². The maximum Gasteiger partial charge on any atom is 0.202 e. The Labute approximate surface area is 82.2 Å². The summed E-state index contributed by atoms with van der Waals surface area (Å²) in [5, 5.41) is 12.7. The van der Waals surface area contributed by atoms with Gasteiger partial charge in [0.2, 0.25) is 5.13 Å². The smallest absolute Gasteiger partial charge is 0.202 e. The zero-order valence-corrected chi connectivity index (χ0v) is 8.93. The lowest BCUT2D eigenvalue weighted by Crippen LogP contribution is -2.19. The molecule has 1 aromatic heterocycles. The molecule has 1 atom stereocenters. The van der Waals surface area contributed by atoms with Gasteiger partial charge in [0, 0.05) is 23.5 Å². The minimum absolute atomic E-state index is 0.0352. The molecule has 0 spiro atoms. The SMILES string of the molecule is CC(CO)Nc1nc(C(C)C)ns1. The Morgan fingerprint density at radius 2 is 2.15 bits per heavy atom. The molecule has 0 aliphatic carbocycles. The first-order valence-electron chi connectivity index (χ1n) is 4.34. The lowest BCUT2D eigenvalue weighted by Gasteiger charge is -2.07. The second kappa shape index (κ2) is 4.53. The summed E-state index contributed by atoms with van der Waals surface area (Å²) in [6, 6.07) is 0.0352. The van der Waals surface area contributed by atoms with Crippen LogP contribution < -0.4 is 5.32 Å². The summed E-state index contributed by atoms with van der Waals surface area (Å²) in [4.78, 5) is 4.28. The van der Waals surface area contributed by atoms with Crippen molar-refractivity contribution < 1.29 is 5.11 Å². The van der Waals surface area contributed by atoms with E-state index in [1.165, 1.54) is 11.5 Å². The van der Waals surface area contributed by atoms with E-state index in [0.717, 1.165) is 11.0 Å². The third-order valence-corrected chi connectivity index (χ3v) is 2.26. The van der Waals surface area contributed by atoms with Crippen LogP contribution in [0.4, 0.5) is 5.13 Å². The standard InChI is InChI=1S/C8H15N3OS/c1-5(2)7-10-8(13-11-7)9-6(3)4-12/h5-6,12H,4H2,1-3H3,(H,9,10,11). The van der Waals surface area contributed by atoms with Crippen LogP contribution in [-0.4, -0.2) is 27.1 Å². The van der Waals surface area contributed by atoms with E-state index in [2.05, 4.69) is 28.5 Å². The van der Waals surface area contributed by atoms with E-state index in [0.29, 0.717) is 5.92 Å². The molecule has 0 aliphatic rings. The van der Waals surface area contributed by atoms with Gasteiger partial charge < -0.3 is 10.4 Å². The number of anilines is 1. The molecule has 0 saturated heterocycles. The molecule has 0 fully saturated rings. The number of rotatable bonds is 4. The third kappa shape index (κ3) is 2.93. The second-order valence-electron chi connectivity index (χ2n) is 3.34. The highest BCUT2D eigenvalue weighted by molar-refractivity contribution is 7.09. The molecule has 1 unspecified atom stereocenters. The van der Waals surface area contributed by atoms with Gasteiger partial charge in [-0.2, -0.15) is 4.37 Å². The number of nitrogens with one attached hydrogen (secondary N) is 1. The van der Waals surface area contributed by atoms with E-state index in [1.807, 2.05) is 6.92 Å². The monoisotopic (exact) mass is 201 g/mol. The van der Waals surface area contributed by atoms with Crippen LogP contribution in [0.15, 0.2) is 0 Å². The Hall–Kier alpha value is -0.680. The summed E-state index contributed by atoms with van der Waals surface area (Å²) in [5.41, 5.74) is 0. The lowest BCUT2D eigenvalue weighted by molar-refractivity contribution is 0.281. The largest absolute Gasteiger partial charge is 0.394 e. The van der Waals surface area contributed by atoms with Crippen LogP contribution in [0.3, 0.4) is 0 Å². The minimum Gasteiger partial charge on any atom is -0.394 e. The molecule has 74 valence electrons. The minimum atomic E-state index is 0.0352. The van der Waals surface area contributed by atoms with Crippen LogP contribution in [-0.2, 0) is 0 Å². The molecule has 0 aliphatic heterocycles. The molecular weight excluding hydrogens is 186 g/mol. The molecular formula is C8H15N3OS. The first kappa shape index (κ1) is 10.4. The Morgan fingerprint density at radius 1 is 1.46 bits per heavy atom. The number of hydrogen-bond donors (Lipinski definition) is 2. The molecule has 1 heterocycles. The Bertz CT molecular complexity index is 262. The molecule has 0 bridgehead atoms. The van der Waals surface area contributed by atoms with Crippen molar-refractivity contribution in [3.8, 4) is 0 Å². The molecule has 13 heavy (non-hydrogen) atoms. The molecule has 0 radical (unpaired) electrons. The van der Waals surface area contributed by atoms with Crippen molar-refractivity contribution in [1.82, 2.24) is 9.36 Å². The average molecular weight is 201 g/mol. The van der Waals surface area contributed by atoms with E-state index in [4.69, 9.17) is 5.11 Å². The van der Waals surface area contributed by atoms with E-state index >= 15 is 0 Å². The van der Waals surface area contributed by atoms with Crippen molar-refractivity contribution in [2.75, 3.05) is 11.9 Å². The van der Waals surface area contributed by atoms with Crippen molar-refractivity contribution in [3.05, 3.63) is 5.82 Å². The van der Waals surface area contributed by atoms with E-state index in [1.54, 1.807) is 0 Å². The predicted molar refractivity (Wildman–Crippen MR) is 54.2 cm³/mol. The van der Waals surface area contributed by atoms with Gasteiger partial charge >= 0.3 is 0 Å². The fraction of sp³-hybridized carbons (Fsp3) is 0.750. The van der Waals surface area contributed by atoms with Crippen LogP contribution in [0.25, 0.3) is 0 Å². The highest BCUT2D eigenvalue weighted by atomic mass is 32.1. The van der Waals surface area contributed by atoms with Crippen molar-refractivity contribution in [3.63, 3.8) is 0 Å². The number of nitrogens with zero attached hydrogens (tertiary/aromatic N) is 2. The van der Waals surface area contributed by atoms with Gasteiger partial charge in [0.1, 0.15) is 5.82 Å². The molecule has 0 aromatic carbocycles. The van der Waals surface area contributed by atoms with Crippen LogP contribution >= 0.6 is 11.5 Å². The average Bonchev–Trinajstić information content (AvgIpc) is 2.52. The van der Waals surface area contributed by atoms with Gasteiger partial charge in [-0.3, -0.25) is 0 Å². The van der Waals surface area contributed by atoms with Gasteiger partial charge in [-0.25, -0.2) is 4.98 Å². The highest BCUT2D eigenvalue weighted by Gasteiger charge is 2.08. The normalized spacial score (nSPS) is 13.3. The van der Waals surface area contributed by atoms with Gasteiger partial charge in [0.25, 0.3) is 0 Å². The number of aliphatic hydroxyl groups excluding tert-OH is 1. The maximum atomic E-state index is 8.81. The fourth-order valence-electron chi connectivity index (χ4n) is 0.784. The first-order valence-corrected chi connectivity index (χ1v) is 5.11. The molecule has 0 amide bonds. The summed E-state index contributed by atoms with van der Waals surface area (Å²) < 4.78 is 4.19. The molecule has 1 rings (SSSR count). The summed E-state index contributed by atoms with van der Waals surface area (Å²) in [6.07, 6.45) is 0. The van der Waals surface area contributed by atoms with Gasteiger partial charge in [0.15, 0.2) is 0 Å². The molecule has 1 aromatic rings. The summed E-state index contributed by atoms with van der Waals surface area (Å²) >= 11 is 1.34. The van der Waals surface area contributed by atoms with Crippen molar-refractivity contribution in [1.29, 1.82) is 0 Å². The summed E-state index contributed by atoms with van der Waals surface area (Å²) in [5.74, 6) is 1.22. The summed E-state index contributed by atoms with van der Waals surface area (Å²) in [7, 11) is 0. The van der Waals surface area contributed by atoms with Crippen molar-refractivity contribution in [2.24, 2.45) is 0 Å². The third-order valence-electron chi connectivity index (χ3n) is 1.60. The zero-order valence-electron chi connectivity index (χ0n) is 8.11. The van der Waals surface area contributed by atoms with Crippen molar-refractivity contribution >= 4 is 16.7 Å². The number of aromatic nitrogens is 2. The maximum absolute atomic E-state index is 8.81. The Morgan fingerprint density at radius 3 is 2.62 bits per heavy atom. The molecule has 4 nitrogen and oxygen atoms in total. The Kier molecular flexibility index (Phi) is 3.62. The topological polar surface area (TPSA) is 58.0 Å². The first-order chi connectivity index (χ1) is 6.13. The second-order valence-corrected chi connectivity index (χ2v) is 4.09. The van der Waals surface area contributed by atoms with Gasteiger partial charge in [-0.15, -0.1) is 0 Å². The molecule has 5 heteroatoms. The van der Waals surface area contributed by atoms with Gasteiger partial charge in [-0.1, -0.05) is 13.8 Å². The van der Waals surface area contributed by atoms with E-state index in [-0.39, 0.29) is 12.6 Å². The van der Waals surface area contributed by atoms with E-state index in [9.17, 15) is 0 Å². The van der Waals surface area contributed by atoms with Crippen LogP contribution in [0, 0.1) is 0 Å². The number of hydrogen-bond acceptors (Lipinski definition) is 5. The molecule has 2 N–H and O–H groups in total. The predicted octanol–water partition coefficient (Wildman–Crippen LogP) is 1.45. The van der Waals surface area contributed by atoms with Crippen LogP contribution in [0.2, 0.25) is 0 Å². The zero-order chi connectivity index (χ0) is 9.84. The van der Waals surface area contributed by atoms with Crippen LogP contribution in [0.5, 0.6) is 0 Å². The quantitative estimate of drug-likeness (QED) is 0.774.